The van der Waals surface area contributed by atoms with E-state index < -0.39 is 23.9 Å². The number of aromatic nitrogens is 2. The Morgan fingerprint density at radius 2 is 1.65 bits per heavy atom. The fraction of sp³-hybridized carbons (Fsp3) is 0.212. The fourth-order valence-corrected chi connectivity index (χ4v) is 4.04. The lowest BCUT2D eigenvalue weighted by Gasteiger charge is -2.13. The minimum absolute atomic E-state index is 0.119. The number of carbonyl (C=O) groups is 2. The number of aliphatic carboxylic acids is 1. The number of rotatable bonds is 8. The molecule has 0 spiro atoms. The molecule has 48 heavy (non-hydrogen) atoms. The van der Waals surface area contributed by atoms with Crippen LogP contribution in [0.4, 0.5) is 37.8 Å². The molecule has 8 nitrogen and oxygen atoms in total. The van der Waals surface area contributed by atoms with Crippen LogP contribution in [0.3, 0.4) is 0 Å². The van der Waals surface area contributed by atoms with E-state index in [1.54, 1.807) is 48.5 Å². The third-order valence-corrected chi connectivity index (χ3v) is 6.42. The summed E-state index contributed by atoms with van der Waals surface area (Å²) in [6, 6.07) is 18.8. The highest BCUT2D eigenvalue weighted by atomic mass is 35.5. The van der Waals surface area contributed by atoms with Crippen LogP contribution in [0.15, 0.2) is 79.1 Å². The molecule has 0 bridgehead atoms. The molecule has 1 amide bonds. The largest absolute Gasteiger partial charge is 0.490 e. The van der Waals surface area contributed by atoms with Crippen LogP contribution in [0.5, 0.6) is 0 Å². The molecule has 0 atom stereocenters. The second kappa shape index (κ2) is 16.6. The Balaban J connectivity index is 0.000000804. The molecule has 252 valence electrons. The first-order chi connectivity index (χ1) is 22.5. The van der Waals surface area contributed by atoms with Crippen molar-refractivity contribution in [2.24, 2.45) is 0 Å². The fourth-order valence-electron chi connectivity index (χ4n) is 3.87. The summed E-state index contributed by atoms with van der Waals surface area (Å²) in [6.07, 6.45) is -7.46. The van der Waals surface area contributed by atoms with Crippen LogP contribution in [0.1, 0.15) is 33.5 Å². The van der Waals surface area contributed by atoms with Crippen molar-refractivity contribution in [1.29, 1.82) is 0 Å². The standard InChI is InChI=1S/C31H27ClF3N5O.C2HF3O2/c1-40(2)14-4-3-7-21-8-5-10-23(15-21)30(41)39-27-13-12-25(32)17-26(27)28-18-29(38-20-37-28)36-19-22-9-6-11-24(16-22)31(33,34)35;3-2(4,5)1(6)7/h5-6,8-13,15-18,20H,4,14,19H2,1-2H3,(H,39,41)(H,36,37,38);(H,6,7). The van der Waals surface area contributed by atoms with Crippen molar-refractivity contribution in [1.82, 2.24) is 14.9 Å². The van der Waals surface area contributed by atoms with Crippen molar-refractivity contribution >= 4 is 35.0 Å². The average Bonchev–Trinajstić information content (AvgIpc) is 3.03. The lowest BCUT2D eigenvalue weighted by atomic mass is 10.1. The zero-order valence-electron chi connectivity index (χ0n) is 25.4. The number of nitrogens with zero attached hydrogens (tertiary/aromatic N) is 3. The first-order valence-electron chi connectivity index (χ1n) is 13.9. The van der Waals surface area contributed by atoms with Gasteiger partial charge < -0.3 is 20.6 Å². The molecule has 0 aliphatic heterocycles. The summed E-state index contributed by atoms with van der Waals surface area (Å²) in [4.78, 5) is 32.6. The highest BCUT2D eigenvalue weighted by Gasteiger charge is 2.38. The lowest BCUT2D eigenvalue weighted by Crippen LogP contribution is -2.21. The number of anilines is 2. The third-order valence-electron chi connectivity index (χ3n) is 6.18. The van der Waals surface area contributed by atoms with Crippen molar-refractivity contribution < 1.29 is 41.0 Å². The van der Waals surface area contributed by atoms with E-state index >= 15 is 0 Å². The average molecular weight is 692 g/mol. The van der Waals surface area contributed by atoms with Gasteiger partial charge in [-0.15, -0.1) is 0 Å². The molecule has 4 rings (SSSR count). The van der Waals surface area contributed by atoms with Crippen LogP contribution < -0.4 is 10.6 Å². The van der Waals surface area contributed by atoms with Crippen molar-refractivity contribution in [2.45, 2.75) is 25.3 Å². The number of nitrogens with one attached hydrogen (secondary N) is 2. The molecular weight excluding hydrogens is 664 g/mol. The van der Waals surface area contributed by atoms with E-state index in [1.807, 2.05) is 20.2 Å². The van der Waals surface area contributed by atoms with Crippen LogP contribution in [0, 0.1) is 11.8 Å². The molecule has 0 radical (unpaired) electrons. The molecule has 0 aliphatic rings. The van der Waals surface area contributed by atoms with Crippen LogP contribution in [0.25, 0.3) is 11.3 Å². The Morgan fingerprint density at radius 1 is 0.938 bits per heavy atom. The van der Waals surface area contributed by atoms with Crippen LogP contribution in [0.2, 0.25) is 5.02 Å². The van der Waals surface area contributed by atoms with Crippen LogP contribution in [-0.4, -0.2) is 58.7 Å². The summed E-state index contributed by atoms with van der Waals surface area (Å²) >= 11 is 6.27. The zero-order chi connectivity index (χ0) is 35.5. The van der Waals surface area contributed by atoms with Gasteiger partial charge in [-0.05, 0) is 68.2 Å². The van der Waals surface area contributed by atoms with Crippen molar-refractivity contribution in [3.05, 3.63) is 106 Å². The maximum Gasteiger partial charge on any atom is 0.490 e. The third kappa shape index (κ3) is 11.9. The van der Waals surface area contributed by atoms with Gasteiger partial charge in [0.25, 0.3) is 5.91 Å². The van der Waals surface area contributed by atoms with E-state index in [9.17, 15) is 31.1 Å². The number of carboxylic acid groups (broad SMARTS) is 1. The van der Waals surface area contributed by atoms with Gasteiger partial charge in [0, 0.05) is 47.3 Å². The monoisotopic (exact) mass is 691 g/mol. The molecule has 0 unspecified atom stereocenters. The summed E-state index contributed by atoms with van der Waals surface area (Å²) in [6.45, 7) is 0.964. The zero-order valence-corrected chi connectivity index (χ0v) is 26.1. The molecule has 0 fully saturated rings. The van der Waals surface area contributed by atoms with Gasteiger partial charge in [0.15, 0.2) is 0 Å². The van der Waals surface area contributed by atoms with Gasteiger partial charge in [-0.1, -0.05) is 41.6 Å². The maximum absolute atomic E-state index is 13.2. The number of carbonyl (C=O) groups excluding carboxylic acids is 1. The second-order valence-electron chi connectivity index (χ2n) is 10.2. The Labute approximate surface area is 276 Å². The first-order valence-corrected chi connectivity index (χ1v) is 14.3. The molecule has 15 heteroatoms. The Hall–Kier alpha value is -5.13. The molecule has 0 aliphatic carbocycles. The summed E-state index contributed by atoms with van der Waals surface area (Å²) < 4.78 is 70.9. The summed E-state index contributed by atoms with van der Waals surface area (Å²) in [5.74, 6) is 3.51. The lowest BCUT2D eigenvalue weighted by molar-refractivity contribution is -0.192. The molecule has 3 N–H and O–H groups in total. The van der Waals surface area contributed by atoms with E-state index in [1.165, 1.54) is 12.4 Å². The predicted octanol–water partition coefficient (Wildman–Crippen LogP) is 7.62. The van der Waals surface area contributed by atoms with Gasteiger partial charge in [-0.2, -0.15) is 26.3 Å². The number of carboxylic acids is 1. The number of benzene rings is 3. The topological polar surface area (TPSA) is 107 Å². The van der Waals surface area contributed by atoms with Crippen molar-refractivity contribution in [2.75, 3.05) is 31.3 Å². The van der Waals surface area contributed by atoms with E-state index in [0.717, 1.165) is 24.2 Å². The van der Waals surface area contributed by atoms with Gasteiger partial charge in [0.1, 0.15) is 12.1 Å². The molecule has 1 aromatic heterocycles. The first kappa shape index (κ1) is 37.3. The highest BCUT2D eigenvalue weighted by molar-refractivity contribution is 6.31. The quantitative estimate of drug-likeness (QED) is 0.129. The molecule has 1 heterocycles. The van der Waals surface area contributed by atoms with Crippen molar-refractivity contribution in [3.63, 3.8) is 0 Å². The number of halogens is 7. The summed E-state index contributed by atoms with van der Waals surface area (Å²) in [7, 11) is 3.97. The number of amides is 1. The molecule has 4 aromatic rings. The summed E-state index contributed by atoms with van der Waals surface area (Å²) in [5.41, 5.74) is 2.39. The number of alkyl halides is 6. The predicted molar refractivity (Wildman–Crippen MR) is 169 cm³/mol. The van der Waals surface area contributed by atoms with E-state index in [4.69, 9.17) is 21.5 Å². The molecular formula is C33H28ClF6N5O3. The molecule has 0 saturated carbocycles. The Kier molecular flexibility index (Phi) is 12.9. The second-order valence-corrected chi connectivity index (χ2v) is 10.7. The van der Waals surface area contributed by atoms with E-state index in [0.29, 0.717) is 45.3 Å². The van der Waals surface area contributed by atoms with E-state index in [-0.39, 0.29) is 12.5 Å². The summed E-state index contributed by atoms with van der Waals surface area (Å²) in [5, 5.41) is 13.5. The highest BCUT2D eigenvalue weighted by Crippen LogP contribution is 2.32. The minimum atomic E-state index is -5.08. The van der Waals surface area contributed by atoms with Gasteiger partial charge >= 0.3 is 18.3 Å². The van der Waals surface area contributed by atoms with E-state index in [2.05, 4.69) is 37.3 Å². The van der Waals surface area contributed by atoms with Crippen molar-refractivity contribution in [3.8, 4) is 23.1 Å². The minimum Gasteiger partial charge on any atom is -0.475 e. The Bertz CT molecular complexity index is 1800. The molecule has 3 aromatic carbocycles. The van der Waals surface area contributed by atoms with Crippen LogP contribution in [-0.2, 0) is 17.5 Å². The molecule has 0 saturated heterocycles. The van der Waals surface area contributed by atoms with Gasteiger partial charge in [-0.25, -0.2) is 14.8 Å². The Morgan fingerprint density at radius 3 is 2.31 bits per heavy atom. The van der Waals surface area contributed by atoms with Crippen LogP contribution >= 0.6 is 11.6 Å². The number of hydrogen-bond acceptors (Lipinski definition) is 6. The smallest absolute Gasteiger partial charge is 0.475 e. The number of hydrogen-bond donors (Lipinski definition) is 3. The maximum atomic E-state index is 13.2. The van der Waals surface area contributed by atoms with Gasteiger partial charge in [0.05, 0.1) is 16.9 Å². The SMILES string of the molecule is CN(C)CCC#Cc1cccc(C(=O)Nc2ccc(Cl)cc2-c2cc(NCc3cccc(C(F)(F)F)c3)ncn2)c1.O=C(O)C(F)(F)F. The van der Waals surface area contributed by atoms with Gasteiger partial charge in [0.2, 0.25) is 0 Å². The normalized spacial score (nSPS) is 11.1. The van der Waals surface area contributed by atoms with Gasteiger partial charge in [-0.3, -0.25) is 4.79 Å².